The normalized spacial score (nSPS) is 15.8. The minimum atomic E-state index is -3.60. The number of nitrogens with one attached hydrogen (secondary N) is 1. The van der Waals surface area contributed by atoms with E-state index >= 15 is 0 Å². The van der Waals surface area contributed by atoms with Gasteiger partial charge in [-0.3, -0.25) is 13.9 Å². The summed E-state index contributed by atoms with van der Waals surface area (Å²) in [5.41, 5.74) is 1.37. The van der Waals surface area contributed by atoms with Gasteiger partial charge >= 0.3 is 0 Å². The summed E-state index contributed by atoms with van der Waals surface area (Å²) >= 11 is 0. The molecule has 200 valence electrons. The molecule has 37 heavy (non-hydrogen) atoms. The molecule has 1 aliphatic heterocycles. The maximum absolute atomic E-state index is 13.4. The van der Waals surface area contributed by atoms with Gasteiger partial charge in [-0.05, 0) is 43.9 Å². The lowest BCUT2D eigenvalue weighted by atomic mass is 10.1. The fourth-order valence-electron chi connectivity index (χ4n) is 4.80. The van der Waals surface area contributed by atoms with E-state index in [1.807, 2.05) is 30.3 Å². The number of sulfonamides is 1. The summed E-state index contributed by atoms with van der Waals surface area (Å²) in [5.74, 6) is 0.693. The van der Waals surface area contributed by atoms with E-state index in [1.54, 1.807) is 30.0 Å². The summed E-state index contributed by atoms with van der Waals surface area (Å²) in [7, 11) is -3.60. The quantitative estimate of drug-likeness (QED) is 0.478. The van der Waals surface area contributed by atoms with E-state index in [9.17, 15) is 18.0 Å². The predicted molar refractivity (Wildman–Crippen MR) is 141 cm³/mol. The Kier molecular flexibility index (Phi) is 8.58. The summed E-state index contributed by atoms with van der Waals surface area (Å²) in [6.07, 6.45) is 5.67. The molecule has 1 saturated carbocycles. The number of hydrogen-bond acceptors (Lipinski definition) is 6. The highest BCUT2D eigenvalue weighted by atomic mass is 32.2. The molecule has 1 atom stereocenters. The number of anilines is 1. The van der Waals surface area contributed by atoms with Gasteiger partial charge in [0, 0.05) is 31.6 Å². The van der Waals surface area contributed by atoms with Crippen LogP contribution in [-0.4, -0.2) is 56.8 Å². The first-order chi connectivity index (χ1) is 17.7. The number of hydrogen-bond donors (Lipinski definition) is 1. The van der Waals surface area contributed by atoms with Crippen molar-refractivity contribution in [1.82, 2.24) is 10.2 Å². The Balaban J connectivity index is 1.43. The van der Waals surface area contributed by atoms with Gasteiger partial charge in [-0.1, -0.05) is 43.2 Å². The van der Waals surface area contributed by atoms with Crippen LogP contribution >= 0.6 is 0 Å². The predicted octanol–water partition coefficient (Wildman–Crippen LogP) is 3.44. The van der Waals surface area contributed by atoms with Gasteiger partial charge in [-0.15, -0.1) is 0 Å². The molecule has 2 aromatic carbocycles. The molecular formula is C27H35N3O6S. The molecule has 0 unspecified atom stereocenters. The van der Waals surface area contributed by atoms with Crippen molar-refractivity contribution in [2.75, 3.05) is 23.9 Å². The van der Waals surface area contributed by atoms with Crippen molar-refractivity contribution in [2.45, 2.75) is 64.1 Å². The Morgan fingerprint density at radius 1 is 1.05 bits per heavy atom. The third-order valence-electron chi connectivity index (χ3n) is 6.86. The van der Waals surface area contributed by atoms with Crippen LogP contribution in [-0.2, 0) is 26.2 Å². The largest absolute Gasteiger partial charge is 0.454 e. The molecular weight excluding hydrogens is 494 g/mol. The second-order valence-electron chi connectivity index (χ2n) is 9.65. The number of benzene rings is 2. The zero-order chi connectivity index (χ0) is 26.4. The van der Waals surface area contributed by atoms with E-state index in [1.165, 1.54) is 4.31 Å². The SMILES string of the molecule is C[C@H](C(=O)NC1CCCC1)N(Cc1ccccc1)C(=O)CCCN(c1ccc2c(c1)OCO2)S(C)(=O)=O. The third kappa shape index (κ3) is 6.94. The van der Waals surface area contributed by atoms with Crippen molar-refractivity contribution in [3.8, 4) is 11.5 Å². The second kappa shape index (κ2) is 11.9. The highest BCUT2D eigenvalue weighted by molar-refractivity contribution is 7.92. The summed E-state index contributed by atoms with van der Waals surface area (Å²) < 4.78 is 37.1. The van der Waals surface area contributed by atoms with Crippen LogP contribution in [0, 0.1) is 0 Å². The van der Waals surface area contributed by atoms with E-state index < -0.39 is 16.1 Å². The van der Waals surface area contributed by atoms with Crippen LogP contribution in [0.2, 0.25) is 0 Å². The molecule has 2 aromatic rings. The Bertz CT molecular complexity index is 1200. The summed E-state index contributed by atoms with van der Waals surface area (Å²) in [6.45, 7) is 2.26. The van der Waals surface area contributed by atoms with Gasteiger partial charge in [-0.2, -0.15) is 0 Å². The van der Waals surface area contributed by atoms with Crippen LogP contribution in [0.5, 0.6) is 11.5 Å². The Morgan fingerprint density at radius 2 is 1.76 bits per heavy atom. The fourth-order valence-corrected chi connectivity index (χ4v) is 5.76. The Morgan fingerprint density at radius 3 is 2.46 bits per heavy atom. The number of fused-ring (bicyclic) bond motifs is 1. The number of amides is 2. The molecule has 0 saturated heterocycles. The van der Waals surface area contributed by atoms with Gasteiger partial charge in [0.15, 0.2) is 11.5 Å². The maximum atomic E-state index is 13.4. The highest BCUT2D eigenvalue weighted by Gasteiger charge is 2.29. The number of carbonyl (C=O) groups is 2. The molecule has 0 radical (unpaired) electrons. The molecule has 0 bridgehead atoms. The molecule has 2 amide bonds. The Labute approximate surface area is 218 Å². The van der Waals surface area contributed by atoms with Crippen molar-refractivity contribution in [2.24, 2.45) is 0 Å². The smallest absolute Gasteiger partial charge is 0.242 e. The van der Waals surface area contributed by atoms with Crippen molar-refractivity contribution in [3.05, 3.63) is 54.1 Å². The molecule has 10 heteroatoms. The van der Waals surface area contributed by atoms with Gasteiger partial charge < -0.3 is 19.7 Å². The first kappa shape index (κ1) is 26.8. The first-order valence-electron chi connectivity index (χ1n) is 12.7. The van der Waals surface area contributed by atoms with E-state index in [0.29, 0.717) is 30.2 Å². The molecule has 1 N–H and O–H groups in total. The molecule has 0 aromatic heterocycles. The standard InChI is InChI=1S/C27H35N3O6S/c1-20(27(32)28-22-11-6-7-12-22)29(18-21-9-4-3-5-10-21)26(31)13-8-16-30(37(2,33)34)23-14-15-24-25(17-23)36-19-35-24/h3-5,9-10,14-15,17,20,22H,6-8,11-13,16,18-19H2,1-2H3,(H,28,32)/t20-/m1/s1. The zero-order valence-electron chi connectivity index (χ0n) is 21.4. The zero-order valence-corrected chi connectivity index (χ0v) is 22.2. The lowest BCUT2D eigenvalue weighted by Crippen LogP contribution is -2.49. The minimum Gasteiger partial charge on any atom is -0.454 e. The molecule has 1 fully saturated rings. The lowest BCUT2D eigenvalue weighted by Gasteiger charge is -2.30. The van der Waals surface area contributed by atoms with Gasteiger partial charge in [0.2, 0.25) is 28.6 Å². The van der Waals surface area contributed by atoms with Gasteiger partial charge in [-0.25, -0.2) is 8.42 Å². The van der Waals surface area contributed by atoms with Gasteiger partial charge in [0.25, 0.3) is 0 Å². The summed E-state index contributed by atoms with van der Waals surface area (Å²) in [4.78, 5) is 28.0. The monoisotopic (exact) mass is 529 g/mol. The van der Waals surface area contributed by atoms with Crippen LogP contribution in [0.15, 0.2) is 48.5 Å². The van der Waals surface area contributed by atoms with Gasteiger partial charge in [0.05, 0.1) is 11.9 Å². The van der Waals surface area contributed by atoms with Crippen molar-refractivity contribution >= 4 is 27.5 Å². The minimum absolute atomic E-state index is 0.0932. The number of ether oxygens (including phenoxy) is 2. The summed E-state index contributed by atoms with van der Waals surface area (Å²) in [6, 6.07) is 14.0. The Hall–Kier alpha value is -3.27. The van der Waals surface area contributed by atoms with Crippen LogP contribution in [0.25, 0.3) is 0 Å². The van der Waals surface area contributed by atoms with E-state index in [-0.39, 0.29) is 37.6 Å². The maximum Gasteiger partial charge on any atom is 0.242 e. The lowest BCUT2D eigenvalue weighted by molar-refractivity contribution is -0.141. The van der Waals surface area contributed by atoms with Crippen LogP contribution in [0.3, 0.4) is 0 Å². The fraction of sp³-hybridized carbons (Fsp3) is 0.481. The van der Waals surface area contributed by atoms with Crippen LogP contribution < -0.4 is 19.1 Å². The topological polar surface area (TPSA) is 105 Å². The number of rotatable bonds is 11. The average molecular weight is 530 g/mol. The van der Waals surface area contributed by atoms with Crippen molar-refractivity contribution < 1.29 is 27.5 Å². The molecule has 1 heterocycles. The average Bonchev–Trinajstić information content (AvgIpc) is 3.56. The molecule has 1 aliphatic carbocycles. The van der Waals surface area contributed by atoms with E-state index in [0.717, 1.165) is 37.5 Å². The first-order valence-corrected chi connectivity index (χ1v) is 14.6. The molecule has 4 rings (SSSR count). The van der Waals surface area contributed by atoms with Crippen LogP contribution in [0.1, 0.15) is 51.0 Å². The van der Waals surface area contributed by atoms with Crippen molar-refractivity contribution in [3.63, 3.8) is 0 Å². The van der Waals surface area contributed by atoms with E-state index in [4.69, 9.17) is 9.47 Å². The molecule has 0 spiro atoms. The second-order valence-corrected chi connectivity index (χ2v) is 11.6. The highest BCUT2D eigenvalue weighted by Crippen LogP contribution is 2.36. The third-order valence-corrected chi connectivity index (χ3v) is 8.05. The van der Waals surface area contributed by atoms with E-state index in [2.05, 4.69) is 5.32 Å². The van der Waals surface area contributed by atoms with Gasteiger partial charge in [0.1, 0.15) is 6.04 Å². The van der Waals surface area contributed by atoms with Crippen LogP contribution in [0.4, 0.5) is 5.69 Å². The number of carbonyl (C=O) groups excluding carboxylic acids is 2. The van der Waals surface area contributed by atoms with Crippen molar-refractivity contribution in [1.29, 1.82) is 0 Å². The molecule has 2 aliphatic rings. The number of nitrogens with zero attached hydrogens (tertiary/aromatic N) is 2. The summed E-state index contributed by atoms with van der Waals surface area (Å²) in [5, 5.41) is 3.09. The molecule has 9 nitrogen and oxygen atoms in total.